The monoisotopic (exact) mass is 596 g/mol. The SMILES string of the molecule is C=C(N=C/C(=C\N)c1ccc(Cl)c(O[C@@H](C)CN=CN)c1)Nc1cn(C2CCCCC2)nc1OCCCN=CN=CN. The molecule has 0 unspecified atom stereocenters. The van der Waals surface area contributed by atoms with Gasteiger partial charge in [-0.05, 0) is 37.5 Å². The number of halogens is 1. The molecule has 0 bridgehead atoms. The Labute approximate surface area is 252 Å². The maximum absolute atomic E-state index is 6.35. The third-order valence-electron chi connectivity index (χ3n) is 6.43. The fourth-order valence-electron chi connectivity index (χ4n) is 4.35. The largest absolute Gasteiger partial charge is 0.487 e. The Hall–Kier alpha value is -4.32. The van der Waals surface area contributed by atoms with E-state index in [1.807, 2.05) is 23.9 Å². The zero-order chi connectivity index (χ0) is 30.2. The van der Waals surface area contributed by atoms with Gasteiger partial charge in [-0.15, -0.1) is 5.10 Å². The van der Waals surface area contributed by atoms with Gasteiger partial charge in [-0.3, -0.25) is 14.7 Å². The maximum Gasteiger partial charge on any atom is 0.256 e. The molecule has 1 aromatic carbocycles. The lowest BCUT2D eigenvalue weighted by molar-refractivity contribution is 0.230. The summed E-state index contributed by atoms with van der Waals surface area (Å²) in [4.78, 5) is 16.4. The van der Waals surface area contributed by atoms with Crippen LogP contribution in [0.3, 0.4) is 0 Å². The van der Waals surface area contributed by atoms with Gasteiger partial charge in [-0.1, -0.05) is 43.5 Å². The number of nitrogens with one attached hydrogen (secondary N) is 1. The van der Waals surface area contributed by atoms with Gasteiger partial charge in [0.2, 0.25) is 0 Å². The van der Waals surface area contributed by atoms with Gasteiger partial charge in [0.1, 0.15) is 29.7 Å². The predicted octanol–water partition coefficient (Wildman–Crippen LogP) is 4.53. The fourth-order valence-corrected chi connectivity index (χ4v) is 4.52. The standard InChI is InChI=1S/C29H41ClN10O2/c1-21(15-35-18-32)42-28-13-23(9-10-26(28)30)24(14-31)16-37-22(2)38-27-17-40(25-7-4-3-5-8-25)39-29(27)41-12-6-11-34-20-36-19-33/h9-10,13-14,16-21,25,38H,2-8,11-12,15,31H2,1H3,(H2,32,35)(H2,33,34,36)/b24-14+,37-16?/t21-/m0/s1. The first-order valence-electron chi connectivity index (χ1n) is 14.0. The van der Waals surface area contributed by atoms with Crippen molar-refractivity contribution in [2.24, 2.45) is 37.2 Å². The Balaban J connectivity index is 1.69. The predicted molar refractivity (Wildman–Crippen MR) is 173 cm³/mol. The Morgan fingerprint density at radius 1 is 1.21 bits per heavy atom. The summed E-state index contributed by atoms with van der Waals surface area (Å²) < 4.78 is 13.9. The molecule has 2 aromatic rings. The molecule has 0 aliphatic heterocycles. The summed E-state index contributed by atoms with van der Waals surface area (Å²) in [6.45, 7) is 7.36. The second-order valence-electron chi connectivity index (χ2n) is 9.68. The number of nitrogens with zero attached hydrogens (tertiary/aromatic N) is 6. The molecule has 1 aliphatic carbocycles. The van der Waals surface area contributed by atoms with Crippen LogP contribution >= 0.6 is 11.6 Å². The number of hydrogen-bond acceptors (Lipinski definition) is 8. The first-order chi connectivity index (χ1) is 20.4. The van der Waals surface area contributed by atoms with Crippen LogP contribution in [0.2, 0.25) is 5.02 Å². The number of rotatable bonds is 16. The summed E-state index contributed by atoms with van der Waals surface area (Å²) in [5.74, 6) is 1.39. The van der Waals surface area contributed by atoms with Crippen LogP contribution in [0.1, 0.15) is 57.1 Å². The van der Waals surface area contributed by atoms with Crippen molar-refractivity contribution in [1.82, 2.24) is 9.78 Å². The number of aromatic nitrogens is 2. The second-order valence-corrected chi connectivity index (χ2v) is 10.1. The Morgan fingerprint density at radius 3 is 2.76 bits per heavy atom. The molecule has 226 valence electrons. The molecular formula is C29H41ClN10O2. The van der Waals surface area contributed by atoms with Gasteiger partial charge in [0, 0.05) is 31.0 Å². The minimum absolute atomic E-state index is 0.218. The highest BCUT2D eigenvalue weighted by molar-refractivity contribution is 6.32. The summed E-state index contributed by atoms with van der Waals surface area (Å²) >= 11 is 6.35. The van der Waals surface area contributed by atoms with E-state index in [1.165, 1.54) is 44.5 Å². The van der Waals surface area contributed by atoms with Crippen molar-refractivity contribution in [3.8, 4) is 11.6 Å². The van der Waals surface area contributed by atoms with Crippen LogP contribution < -0.4 is 32.0 Å². The van der Waals surface area contributed by atoms with Crippen molar-refractivity contribution in [1.29, 1.82) is 0 Å². The topological polar surface area (TPSA) is 176 Å². The van der Waals surface area contributed by atoms with E-state index in [0.717, 1.165) is 18.4 Å². The molecule has 1 saturated carbocycles. The van der Waals surface area contributed by atoms with Gasteiger partial charge >= 0.3 is 0 Å². The van der Waals surface area contributed by atoms with E-state index in [-0.39, 0.29) is 6.10 Å². The van der Waals surface area contributed by atoms with Crippen molar-refractivity contribution in [3.05, 3.63) is 53.6 Å². The van der Waals surface area contributed by atoms with Gasteiger partial charge in [0.05, 0.1) is 43.1 Å². The third kappa shape index (κ3) is 10.3. The average molecular weight is 597 g/mol. The van der Waals surface area contributed by atoms with Crippen LogP contribution in [0.4, 0.5) is 5.69 Å². The first kappa shape index (κ1) is 32.2. The zero-order valence-electron chi connectivity index (χ0n) is 24.0. The zero-order valence-corrected chi connectivity index (χ0v) is 24.8. The molecule has 1 heterocycles. The van der Waals surface area contributed by atoms with Crippen LogP contribution in [0.25, 0.3) is 5.57 Å². The lowest BCUT2D eigenvalue weighted by Gasteiger charge is -2.21. The first-order valence-corrected chi connectivity index (χ1v) is 14.3. The van der Waals surface area contributed by atoms with E-state index >= 15 is 0 Å². The number of ether oxygens (including phenoxy) is 2. The highest BCUT2D eigenvalue weighted by atomic mass is 35.5. The summed E-state index contributed by atoms with van der Waals surface area (Å²) in [6, 6.07) is 5.73. The molecule has 42 heavy (non-hydrogen) atoms. The lowest BCUT2D eigenvalue weighted by Crippen LogP contribution is -2.16. The Kier molecular flexibility index (Phi) is 13.4. The quantitative estimate of drug-likeness (QED) is 0.125. The second kappa shape index (κ2) is 17.5. The van der Waals surface area contributed by atoms with Crippen LogP contribution in [-0.4, -0.2) is 60.8 Å². The van der Waals surface area contributed by atoms with Crippen molar-refractivity contribution in [3.63, 3.8) is 0 Å². The Bertz CT molecular complexity index is 1300. The van der Waals surface area contributed by atoms with E-state index < -0.39 is 0 Å². The smallest absolute Gasteiger partial charge is 0.256 e. The molecule has 7 N–H and O–H groups in total. The molecule has 0 saturated heterocycles. The number of anilines is 1. The highest BCUT2D eigenvalue weighted by Crippen LogP contribution is 2.33. The van der Waals surface area contributed by atoms with Crippen LogP contribution in [0, 0.1) is 0 Å². The summed E-state index contributed by atoms with van der Waals surface area (Å²) in [6.07, 6.45) is 15.2. The van der Waals surface area contributed by atoms with E-state index in [9.17, 15) is 0 Å². The number of nitrogens with two attached hydrogens (primary N) is 3. The number of allylic oxidation sites excluding steroid dienone is 1. The minimum atomic E-state index is -0.218. The highest BCUT2D eigenvalue weighted by Gasteiger charge is 2.20. The van der Waals surface area contributed by atoms with Gasteiger partial charge in [0.25, 0.3) is 5.88 Å². The molecule has 1 aliphatic rings. The average Bonchev–Trinajstić information content (AvgIpc) is 3.40. The van der Waals surface area contributed by atoms with E-state index in [1.54, 1.807) is 18.3 Å². The van der Waals surface area contributed by atoms with E-state index in [2.05, 4.69) is 31.9 Å². The van der Waals surface area contributed by atoms with Crippen LogP contribution in [0.5, 0.6) is 11.6 Å². The maximum atomic E-state index is 6.35. The van der Waals surface area contributed by atoms with Gasteiger partial charge < -0.3 is 32.0 Å². The molecule has 0 amide bonds. The number of hydrogen-bond donors (Lipinski definition) is 4. The van der Waals surface area contributed by atoms with Crippen molar-refractivity contribution < 1.29 is 9.47 Å². The molecular weight excluding hydrogens is 556 g/mol. The normalized spacial score (nSPS) is 15.7. The molecule has 3 rings (SSSR count). The summed E-state index contributed by atoms with van der Waals surface area (Å²) in [5, 5.41) is 8.45. The van der Waals surface area contributed by atoms with Gasteiger partial charge in [-0.25, -0.2) is 9.98 Å². The summed E-state index contributed by atoms with van der Waals surface area (Å²) in [5.41, 5.74) is 18.6. The Morgan fingerprint density at radius 2 is 2.02 bits per heavy atom. The number of aliphatic imine (C=N–C) groups is 4. The van der Waals surface area contributed by atoms with Gasteiger partial charge in [0.15, 0.2) is 0 Å². The van der Waals surface area contributed by atoms with Crippen LogP contribution in [0.15, 0.2) is 63.0 Å². The molecule has 12 nitrogen and oxygen atoms in total. The van der Waals surface area contributed by atoms with Crippen molar-refractivity contribution in [2.75, 3.05) is 25.0 Å². The van der Waals surface area contributed by atoms with Crippen LogP contribution in [-0.2, 0) is 0 Å². The molecule has 0 radical (unpaired) electrons. The van der Waals surface area contributed by atoms with Crippen molar-refractivity contribution in [2.45, 2.75) is 57.6 Å². The van der Waals surface area contributed by atoms with E-state index in [0.29, 0.717) is 65.9 Å². The molecule has 13 heteroatoms. The van der Waals surface area contributed by atoms with E-state index in [4.69, 9.17) is 43.4 Å². The fraction of sp³-hybridized carbons (Fsp3) is 0.414. The van der Waals surface area contributed by atoms with Gasteiger partial charge in [-0.2, -0.15) is 0 Å². The lowest BCUT2D eigenvalue weighted by atomic mass is 9.96. The third-order valence-corrected chi connectivity index (χ3v) is 6.74. The minimum Gasteiger partial charge on any atom is -0.487 e. The van der Waals surface area contributed by atoms with Crippen molar-refractivity contribution >= 4 is 48.1 Å². The molecule has 1 atom stereocenters. The summed E-state index contributed by atoms with van der Waals surface area (Å²) in [7, 11) is 0. The number of benzene rings is 1. The molecule has 1 fully saturated rings. The molecule has 0 spiro atoms. The molecule has 1 aromatic heterocycles.